The SMILES string of the molecule is CCc1ccc(Nc2cc([C@H](CC)CC(=O)O)ccc2N2CCOC[C@@H]2C(C)C)cc1. The molecular formula is C26H36N2O3. The highest BCUT2D eigenvalue weighted by atomic mass is 16.5. The Labute approximate surface area is 186 Å². The first-order chi connectivity index (χ1) is 14.9. The summed E-state index contributed by atoms with van der Waals surface area (Å²) in [6.07, 6.45) is 1.95. The maximum absolute atomic E-state index is 11.4. The lowest BCUT2D eigenvalue weighted by atomic mass is 9.92. The largest absolute Gasteiger partial charge is 0.481 e. The predicted molar refractivity (Wildman–Crippen MR) is 128 cm³/mol. The van der Waals surface area contributed by atoms with Gasteiger partial charge in [0.1, 0.15) is 0 Å². The molecule has 0 aromatic heterocycles. The molecule has 0 unspecified atom stereocenters. The Kier molecular flexibility index (Phi) is 7.97. The van der Waals surface area contributed by atoms with Crippen LogP contribution in [0.2, 0.25) is 0 Å². The number of anilines is 3. The molecule has 0 bridgehead atoms. The summed E-state index contributed by atoms with van der Waals surface area (Å²) < 4.78 is 5.77. The molecule has 1 aliphatic heterocycles. The minimum Gasteiger partial charge on any atom is -0.481 e. The molecule has 0 aliphatic carbocycles. The molecule has 2 aromatic rings. The van der Waals surface area contributed by atoms with Crippen molar-refractivity contribution in [1.82, 2.24) is 0 Å². The fourth-order valence-electron chi connectivity index (χ4n) is 4.32. The Hall–Kier alpha value is -2.53. The van der Waals surface area contributed by atoms with E-state index in [1.54, 1.807) is 0 Å². The van der Waals surface area contributed by atoms with Gasteiger partial charge in [-0.15, -0.1) is 0 Å². The van der Waals surface area contributed by atoms with E-state index >= 15 is 0 Å². The lowest BCUT2D eigenvalue weighted by Gasteiger charge is -2.40. The number of ether oxygens (including phenoxy) is 1. The number of hydrogen-bond acceptors (Lipinski definition) is 4. The third-order valence-corrected chi connectivity index (χ3v) is 6.29. The zero-order valence-corrected chi connectivity index (χ0v) is 19.2. The van der Waals surface area contributed by atoms with Gasteiger partial charge in [0.05, 0.1) is 37.1 Å². The summed E-state index contributed by atoms with van der Waals surface area (Å²) in [5, 5.41) is 13.0. The monoisotopic (exact) mass is 424 g/mol. The Morgan fingerprint density at radius 3 is 2.55 bits per heavy atom. The lowest BCUT2D eigenvalue weighted by molar-refractivity contribution is -0.137. The molecule has 3 rings (SSSR count). The van der Waals surface area contributed by atoms with Crippen molar-refractivity contribution in [2.75, 3.05) is 30.0 Å². The van der Waals surface area contributed by atoms with Gasteiger partial charge >= 0.3 is 5.97 Å². The number of benzene rings is 2. The average Bonchev–Trinajstić information content (AvgIpc) is 2.78. The lowest BCUT2D eigenvalue weighted by Crippen LogP contribution is -2.48. The highest BCUT2D eigenvalue weighted by Gasteiger charge is 2.28. The number of aryl methyl sites for hydroxylation is 1. The van der Waals surface area contributed by atoms with Crippen molar-refractivity contribution >= 4 is 23.0 Å². The molecule has 31 heavy (non-hydrogen) atoms. The average molecular weight is 425 g/mol. The number of nitrogens with one attached hydrogen (secondary N) is 1. The second-order valence-electron chi connectivity index (χ2n) is 8.73. The fraction of sp³-hybridized carbons (Fsp3) is 0.500. The molecule has 1 saturated heterocycles. The van der Waals surface area contributed by atoms with Gasteiger partial charge in [0.15, 0.2) is 0 Å². The van der Waals surface area contributed by atoms with Crippen LogP contribution in [0.1, 0.15) is 57.6 Å². The van der Waals surface area contributed by atoms with Crippen LogP contribution in [0, 0.1) is 5.92 Å². The molecule has 0 spiro atoms. The quantitative estimate of drug-likeness (QED) is 0.531. The number of carboxylic acid groups (broad SMARTS) is 1. The summed E-state index contributed by atoms with van der Waals surface area (Å²) in [7, 11) is 0. The maximum atomic E-state index is 11.4. The Balaban J connectivity index is 2.00. The van der Waals surface area contributed by atoms with Crippen LogP contribution in [0.3, 0.4) is 0 Å². The first-order valence-electron chi connectivity index (χ1n) is 11.5. The molecule has 2 N–H and O–H groups in total. The zero-order valence-electron chi connectivity index (χ0n) is 19.2. The van der Waals surface area contributed by atoms with Gasteiger partial charge in [0, 0.05) is 12.2 Å². The van der Waals surface area contributed by atoms with E-state index in [-0.39, 0.29) is 12.3 Å². The molecule has 1 aliphatic rings. The van der Waals surface area contributed by atoms with Gasteiger partial charge in [-0.2, -0.15) is 0 Å². The van der Waals surface area contributed by atoms with Gasteiger partial charge in [0.25, 0.3) is 0 Å². The third kappa shape index (κ3) is 5.79. The van der Waals surface area contributed by atoms with Gasteiger partial charge < -0.3 is 20.1 Å². The zero-order chi connectivity index (χ0) is 22.4. The van der Waals surface area contributed by atoms with E-state index in [4.69, 9.17) is 4.74 Å². The van der Waals surface area contributed by atoms with Crippen LogP contribution in [-0.2, 0) is 16.0 Å². The molecule has 1 fully saturated rings. The molecule has 0 radical (unpaired) electrons. The van der Waals surface area contributed by atoms with Gasteiger partial charge in [0.2, 0.25) is 0 Å². The number of carboxylic acids is 1. The number of morpholine rings is 1. The molecule has 0 saturated carbocycles. The van der Waals surface area contributed by atoms with Crippen LogP contribution in [0.5, 0.6) is 0 Å². The molecular weight excluding hydrogens is 388 g/mol. The Morgan fingerprint density at radius 2 is 1.94 bits per heavy atom. The normalized spacial score (nSPS) is 17.6. The van der Waals surface area contributed by atoms with Crippen LogP contribution < -0.4 is 10.2 Å². The Morgan fingerprint density at radius 1 is 1.19 bits per heavy atom. The highest BCUT2D eigenvalue weighted by molar-refractivity contribution is 5.77. The van der Waals surface area contributed by atoms with Crippen molar-refractivity contribution in [3.63, 3.8) is 0 Å². The van der Waals surface area contributed by atoms with Crippen LogP contribution in [0.15, 0.2) is 42.5 Å². The molecule has 5 nitrogen and oxygen atoms in total. The number of hydrogen-bond donors (Lipinski definition) is 2. The van der Waals surface area contributed by atoms with Crippen molar-refractivity contribution in [2.24, 2.45) is 5.92 Å². The second kappa shape index (κ2) is 10.7. The molecule has 168 valence electrons. The van der Waals surface area contributed by atoms with E-state index in [1.165, 1.54) is 5.56 Å². The standard InChI is InChI=1S/C26H36N2O3/c1-5-19-7-10-22(11-8-19)27-23-15-21(20(6-2)16-26(29)30)9-12-24(23)28-13-14-31-17-25(28)18(3)4/h7-12,15,18,20,25,27H,5-6,13-14,16-17H2,1-4H3,(H,29,30)/t20-,25-/m1/s1. The van der Waals surface area contributed by atoms with Gasteiger partial charge in [-0.3, -0.25) is 4.79 Å². The summed E-state index contributed by atoms with van der Waals surface area (Å²) in [6.45, 7) is 11.0. The van der Waals surface area contributed by atoms with Crippen LogP contribution in [0.4, 0.5) is 17.1 Å². The molecule has 2 aromatic carbocycles. The summed E-state index contributed by atoms with van der Waals surface area (Å²) in [5.41, 5.74) is 5.58. The maximum Gasteiger partial charge on any atom is 0.303 e. The predicted octanol–water partition coefficient (Wildman–Crippen LogP) is 5.82. The topological polar surface area (TPSA) is 61.8 Å². The van der Waals surface area contributed by atoms with E-state index in [2.05, 4.69) is 80.4 Å². The minimum absolute atomic E-state index is 0.000141. The molecule has 1 heterocycles. The van der Waals surface area contributed by atoms with Gasteiger partial charge in [-0.05, 0) is 60.1 Å². The van der Waals surface area contributed by atoms with Crippen LogP contribution in [-0.4, -0.2) is 36.9 Å². The number of carbonyl (C=O) groups is 1. The summed E-state index contributed by atoms with van der Waals surface area (Å²) in [6, 6.07) is 15.2. The fourth-order valence-corrected chi connectivity index (χ4v) is 4.32. The van der Waals surface area contributed by atoms with Gasteiger partial charge in [-0.1, -0.05) is 45.9 Å². The van der Waals surface area contributed by atoms with Crippen molar-refractivity contribution < 1.29 is 14.6 Å². The van der Waals surface area contributed by atoms with E-state index < -0.39 is 5.97 Å². The van der Waals surface area contributed by atoms with E-state index in [1.807, 2.05) is 0 Å². The number of aliphatic carboxylic acids is 1. The first-order valence-corrected chi connectivity index (χ1v) is 11.5. The molecule has 2 atom stereocenters. The van der Waals surface area contributed by atoms with E-state index in [9.17, 15) is 9.90 Å². The van der Waals surface area contributed by atoms with E-state index in [0.717, 1.165) is 48.6 Å². The van der Waals surface area contributed by atoms with Crippen molar-refractivity contribution in [1.29, 1.82) is 0 Å². The number of nitrogens with zero attached hydrogens (tertiary/aromatic N) is 1. The van der Waals surface area contributed by atoms with Gasteiger partial charge in [-0.25, -0.2) is 0 Å². The summed E-state index contributed by atoms with van der Waals surface area (Å²) in [5.74, 6) is -0.291. The van der Waals surface area contributed by atoms with Crippen LogP contribution >= 0.6 is 0 Å². The van der Waals surface area contributed by atoms with Crippen molar-refractivity contribution in [2.45, 2.75) is 58.9 Å². The van der Waals surface area contributed by atoms with Crippen LogP contribution in [0.25, 0.3) is 0 Å². The van der Waals surface area contributed by atoms with E-state index in [0.29, 0.717) is 18.6 Å². The Bertz CT molecular complexity index is 863. The molecule has 5 heteroatoms. The first kappa shape index (κ1) is 23.1. The smallest absolute Gasteiger partial charge is 0.303 e. The second-order valence-corrected chi connectivity index (χ2v) is 8.73. The number of rotatable bonds is 9. The third-order valence-electron chi connectivity index (χ3n) is 6.29. The van der Waals surface area contributed by atoms with Crippen molar-refractivity contribution in [3.05, 3.63) is 53.6 Å². The highest BCUT2D eigenvalue weighted by Crippen LogP contribution is 2.36. The molecule has 0 amide bonds. The van der Waals surface area contributed by atoms with Crippen molar-refractivity contribution in [3.8, 4) is 0 Å². The summed E-state index contributed by atoms with van der Waals surface area (Å²) >= 11 is 0. The minimum atomic E-state index is -0.756. The summed E-state index contributed by atoms with van der Waals surface area (Å²) in [4.78, 5) is 13.8.